The Morgan fingerprint density at radius 3 is 2.00 bits per heavy atom. The Morgan fingerprint density at radius 2 is 1.21 bits per heavy atom. The molecule has 0 N–H and O–H groups in total. The van der Waals surface area contributed by atoms with Crippen LogP contribution in [-0.4, -0.2) is 0 Å². The van der Waals surface area contributed by atoms with Crippen LogP contribution in [0.15, 0.2) is 66.7 Å². The number of hydrogen-bond acceptors (Lipinski definition) is 0. The zero-order valence-corrected chi connectivity index (χ0v) is 18.0. The van der Waals surface area contributed by atoms with Crippen molar-refractivity contribution in [2.24, 2.45) is 0 Å². The van der Waals surface area contributed by atoms with Gasteiger partial charge in [-0.05, 0) is 61.8 Å². The summed E-state index contributed by atoms with van der Waals surface area (Å²) in [5.41, 5.74) is 10.6. The SMILES string of the molecule is CC1(C)c2cc3c(cc2-c2c(Cl)cccc21)-c1cccc2cccc(c12)C3(C)C. The predicted octanol–water partition coefficient (Wildman–Crippen LogP) is 8.11. The average molecular weight is 395 g/mol. The molecule has 2 aliphatic rings. The third-order valence-corrected chi connectivity index (χ3v) is 7.64. The molecule has 142 valence electrons. The van der Waals surface area contributed by atoms with Gasteiger partial charge in [-0.1, -0.05) is 93.9 Å². The Hall–Kier alpha value is -2.57. The molecule has 0 amide bonds. The Morgan fingerprint density at radius 1 is 0.586 bits per heavy atom. The number of fused-ring (bicyclic) bond motifs is 5. The number of benzene rings is 4. The van der Waals surface area contributed by atoms with Crippen molar-refractivity contribution in [1.29, 1.82) is 0 Å². The highest BCUT2D eigenvalue weighted by Crippen LogP contribution is 2.56. The van der Waals surface area contributed by atoms with E-state index in [2.05, 4.69) is 88.4 Å². The van der Waals surface area contributed by atoms with Crippen molar-refractivity contribution < 1.29 is 0 Å². The monoisotopic (exact) mass is 394 g/mol. The van der Waals surface area contributed by atoms with Gasteiger partial charge in [0.05, 0.1) is 0 Å². The second-order valence-electron chi connectivity index (χ2n) is 9.57. The lowest BCUT2D eigenvalue weighted by Gasteiger charge is -2.36. The third-order valence-electron chi connectivity index (χ3n) is 7.33. The Balaban J connectivity index is 1.78. The van der Waals surface area contributed by atoms with Gasteiger partial charge in [0.25, 0.3) is 0 Å². The van der Waals surface area contributed by atoms with Gasteiger partial charge >= 0.3 is 0 Å². The van der Waals surface area contributed by atoms with Crippen LogP contribution in [0.5, 0.6) is 0 Å². The largest absolute Gasteiger partial charge is 0.0837 e. The van der Waals surface area contributed by atoms with Crippen LogP contribution in [0.4, 0.5) is 0 Å². The van der Waals surface area contributed by atoms with Crippen molar-refractivity contribution in [2.45, 2.75) is 38.5 Å². The highest BCUT2D eigenvalue weighted by atomic mass is 35.5. The smallest absolute Gasteiger partial charge is 0.0487 e. The van der Waals surface area contributed by atoms with Crippen LogP contribution in [0, 0.1) is 0 Å². The summed E-state index contributed by atoms with van der Waals surface area (Å²) < 4.78 is 0. The fourth-order valence-electron chi connectivity index (χ4n) is 5.76. The van der Waals surface area contributed by atoms with Gasteiger partial charge in [-0.15, -0.1) is 0 Å². The number of rotatable bonds is 0. The maximum Gasteiger partial charge on any atom is 0.0487 e. The molecule has 2 aliphatic carbocycles. The molecule has 0 bridgehead atoms. The van der Waals surface area contributed by atoms with Gasteiger partial charge in [0.2, 0.25) is 0 Å². The van der Waals surface area contributed by atoms with Gasteiger partial charge in [0, 0.05) is 21.4 Å². The van der Waals surface area contributed by atoms with E-state index in [1.54, 1.807) is 0 Å². The molecule has 0 heterocycles. The first kappa shape index (κ1) is 17.3. The first-order valence-electron chi connectivity index (χ1n) is 10.3. The van der Waals surface area contributed by atoms with E-state index in [9.17, 15) is 0 Å². The molecule has 1 heteroatoms. The molecule has 0 atom stereocenters. The maximum atomic E-state index is 6.73. The van der Waals surface area contributed by atoms with Gasteiger partial charge in [-0.25, -0.2) is 0 Å². The maximum absolute atomic E-state index is 6.73. The summed E-state index contributed by atoms with van der Waals surface area (Å²) in [5.74, 6) is 0. The summed E-state index contributed by atoms with van der Waals surface area (Å²) in [7, 11) is 0. The predicted molar refractivity (Wildman–Crippen MR) is 124 cm³/mol. The molecule has 6 rings (SSSR count). The van der Waals surface area contributed by atoms with Crippen molar-refractivity contribution in [1.82, 2.24) is 0 Å². The molecule has 0 fully saturated rings. The lowest BCUT2D eigenvalue weighted by molar-refractivity contribution is 0.629. The van der Waals surface area contributed by atoms with Crippen LogP contribution in [0.25, 0.3) is 33.0 Å². The molecule has 0 aromatic heterocycles. The van der Waals surface area contributed by atoms with Crippen LogP contribution >= 0.6 is 11.6 Å². The van der Waals surface area contributed by atoms with Crippen LogP contribution in [0.3, 0.4) is 0 Å². The average Bonchev–Trinajstić information content (AvgIpc) is 2.93. The van der Waals surface area contributed by atoms with Crippen molar-refractivity contribution in [3.63, 3.8) is 0 Å². The molecule has 0 nitrogen and oxygen atoms in total. The lowest BCUT2D eigenvalue weighted by Crippen LogP contribution is -2.25. The van der Waals surface area contributed by atoms with Gasteiger partial charge in [0.1, 0.15) is 0 Å². The topological polar surface area (TPSA) is 0 Å². The molecule has 0 saturated carbocycles. The molecule has 4 aromatic rings. The Bertz CT molecular complexity index is 1350. The van der Waals surface area contributed by atoms with E-state index in [0.717, 1.165) is 5.02 Å². The van der Waals surface area contributed by atoms with Gasteiger partial charge < -0.3 is 0 Å². The van der Waals surface area contributed by atoms with Crippen LogP contribution in [0.2, 0.25) is 5.02 Å². The molecule has 4 aromatic carbocycles. The van der Waals surface area contributed by atoms with Gasteiger partial charge in [-0.3, -0.25) is 0 Å². The van der Waals surface area contributed by atoms with Crippen molar-refractivity contribution in [3.8, 4) is 22.3 Å². The molecule has 0 unspecified atom stereocenters. The van der Waals surface area contributed by atoms with E-state index in [0.29, 0.717) is 0 Å². The molecule has 0 spiro atoms. The minimum absolute atomic E-state index is 0.0487. The molecule has 0 radical (unpaired) electrons. The molecule has 29 heavy (non-hydrogen) atoms. The first-order chi connectivity index (χ1) is 13.8. The standard InChI is InChI=1S/C28H23Cl/c1-27(2)20-11-6-9-16-8-5-10-17(25(16)20)18-14-19-23(15-22(18)27)28(3,4)21-12-7-13-24(29)26(19)21/h5-15H,1-4H3. The highest BCUT2D eigenvalue weighted by molar-refractivity contribution is 6.34. The van der Waals surface area contributed by atoms with Crippen LogP contribution < -0.4 is 0 Å². The molecule has 0 aliphatic heterocycles. The molecular weight excluding hydrogens is 372 g/mol. The first-order valence-corrected chi connectivity index (χ1v) is 10.7. The van der Waals surface area contributed by atoms with E-state index >= 15 is 0 Å². The Kier molecular flexibility index (Phi) is 3.17. The van der Waals surface area contributed by atoms with E-state index in [1.807, 2.05) is 6.07 Å². The second-order valence-corrected chi connectivity index (χ2v) is 9.97. The van der Waals surface area contributed by atoms with Gasteiger partial charge in [0.15, 0.2) is 0 Å². The summed E-state index contributed by atoms with van der Waals surface area (Å²) in [6.45, 7) is 9.38. The van der Waals surface area contributed by atoms with Crippen molar-refractivity contribution in [3.05, 3.63) is 94.0 Å². The third kappa shape index (κ3) is 2.01. The fraction of sp³-hybridized carbons (Fsp3) is 0.214. The van der Waals surface area contributed by atoms with Crippen LogP contribution in [-0.2, 0) is 10.8 Å². The summed E-state index contributed by atoms with van der Waals surface area (Å²) in [5, 5.41) is 3.56. The summed E-state index contributed by atoms with van der Waals surface area (Å²) in [4.78, 5) is 0. The number of hydrogen-bond donors (Lipinski definition) is 0. The quantitative estimate of drug-likeness (QED) is 0.282. The summed E-state index contributed by atoms with van der Waals surface area (Å²) >= 11 is 6.73. The fourth-order valence-corrected chi connectivity index (χ4v) is 6.04. The Labute approximate surface area is 177 Å². The minimum atomic E-state index is -0.0519. The molecular formula is C28H23Cl. The minimum Gasteiger partial charge on any atom is -0.0837 e. The summed E-state index contributed by atoms with van der Waals surface area (Å²) in [6, 6.07) is 24.6. The van der Waals surface area contributed by atoms with E-state index in [1.165, 1.54) is 55.3 Å². The second kappa shape index (κ2) is 5.32. The van der Waals surface area contributed by atoms with E-state index < -0.39 is 0 Å². The van der Waals surface area contributed by atoms with E-state index in [-0.39, 0.29) is 10.8 Å². The van der Waals surface area contributed by atoms with Crippen molar-refractivity contribution in [2.75, 3.05) is 0 Å². The lowest BCUT2D eigenvalue weighted by atomic mass is 9.67. The normalized spacial score (nSPS) is 17.0. The van der Waals surface area contributed by atoms with Crippen LogP contribution in [0.1, 0.15) is 49.9 Å². The number of halogens is 1. The zero-order chi connectivity index (χ0) is 20.1. The molecule has 0 saturated heterocycles. The zero-order valence-electron chi connectivity index (χ0n) is 17.2. The summed E-state index contributed by atoms with van der Waals surface area (Å²) in [6.07, 6.45) is 0. The van der Waals surface area contributed by atoms with Crippen molar-refractivity contribution >= 4 is 22.4 Å². The van der Waals surface area contributed by atoms with E-state index in [4.69, 9.17) is 11.6 Å². The highest BCUT2D eigenvalue weighted by Gasteiger charge is 2.41. The van der Waals surface area contributed by atoms with Gasteiger partial charge in [-0.2, -0.15) is 0 Å².